The summed E-state index contributed by atoms with van der Waals surface area (Å²) in [6.45, 7) is 15.4. The molecule has 9 heteroatoms. The summed E-state index contributed by atoms with van der Waals surface area (Å²) in [7, 11) is 0. The van der Waals surface area contributed by atoms with Gasteiger partial charge in [-0.25, -0.2) is 0 Å². The van der Waals surface area contributed by atoms with Crippen molar-refractivity contribution in [2.45, 2.75) is 70.1 Å². The Balaban J connectivity index is 1.74. The number of likely N-dealkylation sites (tertiary alicyclic amines) is 1. The molecule has 5 atom stereocenters. The highest BCUT2D eigenvalue weighted by molar-refractivity contribution is 6.03. The Labute approximate surface area is 243 Å². The van der Waals surface area contributed by atoms with Crippen LogP contribution in [0.1, 0.15) is 52.9 Å². The molecular weight excluding hydrogens is 522 g/mol. The Bertz CT molecular complexity index is 1140. The van der Waals surface area contributed by atoms with E-state index in [0.29, 0.717) is 50.4 Å². The minimum absolute atomic E-state index is 0.111. The van der Waals surface area contributed by atoms with Gasteiger partial charge >= 0.3 is 0 Å². The van der Waals surface area contributed by atoms with E-state index >= 15 is 0 Å². The molecule has 2 unspecified atom stereocenters. The molecule has 3 fully saturated rings. The van der Waals surface area contributed by atoms with Crippen molar-refractivity contribution in [2.75, 3.05) is 44.3 Å². The van der Waals surface area contributed by atoms with E-state index in [1.807, 2.05) is 38.1 Å². The van der Waals surface area contributed by atoms with Crippen molar-refractivity contribution in [3.05, 3.63) is 49.6 Å². The van der Waals surface area contributed by atoms with E-state index in [2.05, 4.69) is 20.1 Å². The van der Waals surface area contributed by atoms with Crippen LogP contribution in [0, 0.1) is 11.8 Å². The summed E-state index contributed by atoms with van der Waals surface area (Å²) in [6, 6.07) is 6.44. The van der Waals surface area contributed by atoms with Gasteiger partial charge in [-0.3, -0.25) is 14.4 Å². The monoisotopic (exact) mass is 567 g/mol. The highest BCUT2D eigenvalue weighted by atomic mass is 16.5. The first kappa shape index (κ1) is 30.8. The zero-order valence-corrected chi connectivity index (χ0v) is 24.7. The topological polar surface area (TPSA) is 99.6 Å². The van der Waals surface area contributed by atoms with Crippen LogP contribution in [-0.4, -0.2) is 89.3 Å². The molecule has 4 rings (SSSR count). The third kappa shape index (κ3) is 5.42. The van der Waals surface area contributed by atoms with Crippen molar-refractivity contribution in [2.24, 2.45) is 11.8 Å². The van der Waals surface area contributed by atoms with Gasteiger partial charge in [-0.05, 0) is 63.8 Å². The number of hydrogen-bond donors (Lipinski definition) is 1. The van der Waals surface area contributed by atoms with E-state index in [1.54, 1.807) is 26.9 Å². The number of amides is 3. The number of hydrogen-bond acceptors (Lipinski definition) is 6. The molecule has 3 amide bonds. The molecule has 0 aromatic heterocycles. The summed E-state index contributed by atoms with van der Waals surface area (Å²) in [6.07, 6.45) is 6.51. The molecule has 9 nitrogen and oxygen atoms in total. The number of fused-ring (bicyclic) bond motifs is 1. The van der Waals surface area contributed by atoms with Crippen LogP contribution >= 0.6 is 0 Å². The standard InChI is InChI=1S/C32H45N3O6/c1-6-10-20-33(18-7-2)30(39)27-32-17-16-31(5,41-32)25(26(32)29(38)35(27)21-11-22-36)28(37)34(19-8-3)23-12-14-24(15-13-23)40-9-4/h7-8,12-15,25-27,36H,2-3,6,9-11,16-22H2,1,4-5H3/t25-,26+,27?,31+,32?/m1/s1. The van der Waals surface area contributed by atoms with Gasteiger partial charge < -0.3 is 29.3 Å². The summed E-state index contributed by atoms with van der Waals surface area (Å²) in [4.78, 5) is 47.9. The van der Waals surface area contributed by atoms with Crippen LogP contribution < -0.4 is 9.64 Å². The Morgan fingerprint density at radius 2 is 1.83 bits per heavy atom. The Morgan fingerprint density at radius 3 is 2.44 bits per heavy atom. The fraction of sp³-hybridized carbons (Fsp3) is 0.594. The van der Waals surface area contributed by atoms with Crippen LogP contribution in [0.4, 0.5) is 5.69 Å². The van der Waals surface area contributed by atoms with E-state index in [4.69, 9.17) is 9.47 Å². The van der Waals surface area contributed by atoms with Crippen molar-refractivity contribution in [3.8, 4) is 5.75 Å². The maximum atomic E-state index is 14.4. The maximum Gasteiger partial charge on any atom is 0.248 e. The number of carbonyl (C=O) groups excluding carboxylic acids is 3. The fourth-order valence-corrected chi connectivity index (χ4v) is 7.04. The zero-order chi connectivity index (χ0) is 29.8. The Kier molecular flexibility index (Phi) is 9.59. The molecule has 3 aliphatic heterocycles. The average molecular weight is 568 g/mol. The lowest BCUT2D eigenvalue weighted by atomic mass is 9.66. The molecule has 0 saturated carbocycles. The van der Waals surface area contributed by atoms with Crippen molar-refractivity contribution in [1.82, 2.24) is 9.80 Å². The number of aliphatic hydroxyl groups excluding tert-OH is 1. The zero-order valence-electron chi connectivity index (χ0n) is 24.7. The Morgan fingerprint density at radius 1 is 1.12 bits per heavy atom. The summed E-state index contributed by atoms with van der Waals surface area (Å²) in [5.74, 6) is -1.52. The van der Waals surface area contributed by atoms with Gasteiger partial charge in [0.05, 0.1) is 24.0 Å². The van der Waals surface area contributed by atoms with E-state index in [0.717, 1.165) is 12.8 Å². The van der Waals surface area contributed by atoms with Gasteiger partial charge in [0, 0.05) is 38.5 Å². The molecule has 3 saturated heterocycles. The van der Waals surface area contributed by atoms with Crippen LogP contribution in [-0.2, 0) is 19.1 Å². The van der Waals surface area contributed by atoms with Gasteiger partial charge in [-0.15, -0.1) is 13.2 Å². The van der Waals surface area contributed by atoms with E-state index in [9.17, 15) is 19.5 Å². The van der Waals surface area contributed by atoms with E-state index in [-0.39, 0.29) is 37.4 Å². The lowest BCUT2D eigenvalue weighted by Crippen LogP contribution is -2.56. The van der Waals surface area contributed by atoms with Gasteiger partial charge in [0.1, 0.15) is 17.4 Å². The van der Waals surface area contributed by atoms with Crippen molar-refractivity contribution >= 4 is 23.4 Å². The second kappa shape index (κ2) is 12.8. The lowest BCUT2D eigenvalue weighted by molar-refractivity contribution is -0.151. The number of unbranched alkanes of at least 4 members (excludes halogenated alkanes) is 1. The minimum atomic E-state index is -1.11. The fourth-order valence-electron chi connectivity index (χ4n) is 7.04. The molecule has 2 bridgehead atoms. The largest absolute Gasteiger partial charge is 0.494 e. The molecule has 41 heavy (non-hydrogen) atoms. The highest BCUT2D eigenvalue weighted by Gasteiger charge is 2.78. The van der Waals surface area contributed by atoms with Gasteiger partial charge in [-0.1, -0.05) is 25.5 Å². The first-order valence-corrected chi connectivity index (χ1v) is 14.9. The number of aliphatic hydroxyl groups is 1. The molecular formula is C32H45N3O6. The first-order valence-electron chi connectivity index (χ1n) is 14.9. The lowest BCUT2D eigenvalue weighted by Gasteiger charge is -2.37. The predicted molar refractivity (Wildman–Crippen MR) is 157 cm³/mol. The maximum absolute atomic E-state index is 14.4. The normalized spacial score (nSPS) is 28.0. The molecule has 0 radical (unpaired) electrons. The van der Waals surface area contributed by atoms with E-state index in [1.165, 1.54) is 0 Å². The van der Waals surface area contributed by atoms with Crippen LogP contribution in [0.3, 0.4) is 0 Å². The second-order valence-corrected chi connectivity index (χ2v) is 11.4. The molecule has 1 spiro atoms. The summed E-state index contributed by atoms with van der Waals surface area (Å²) < 4.78 is 12.3. The summed E-state index contributed by atoms with van der Waals surface area (Å²) in [5.41, 5.74) is -1.33. The van der Waals surface area contributed by atoms with Gasteiger partial charge in [0.25, 0.3) is 0 Å². The molecule has 224 valence electrons. The third-order valence-corrected chi connectivity index (χ3v) is 8.81. The SMILES string of the molecule is C=CCN(CCCC)C(=O)C1N(CCCO)C(=O)[C@@H]2[C@H](C(=O)N(CC=C)c3ccc(OCC)cc3)[C@]3(C)CCC12O3. The number of anilines is 1. The van der Waals surface area contributed by atoms with Crippen molar-refractivity contribution in [1.29, 1.82) is 0 Å². The van der Waals surface area contributed by atoms with Crippen LogP contribution in [0.5, 0.6) is 5.75 Å². The number of rotatable bonds is 15. The first-order chi connectivity index (χ1) is 19.7. The van der Waals surface area contributed by atoms with Crippen molar-refractivity contribution < 1.29 is 29.0 Å². The van der Waals surface area contributed by atoms with Gasteiger partial charge in [0.2, 0.25) is 17.7 Å². The predicted octanol–water partition coefficient (Wildman–Crippen LogP) is 3.57. The second-order valence-electron chi connectivity index (χ2n) is 11.4. The molecule has 1 aromatic carbocycles. The quantitative estimate of drug-likeness (QED) is 0.326. The smallest absolute Gasteiger partial charge is 0.248 e. The van der Waals surface area contributed by atoms with Gasteiger partial charge in [0.15, 0.2) is 0 Å². The van der Waals surface area contributed by atoms with Crippen molar-refractivity contribution in [3.63, 3.8) is 0 Å². The summed E-state index contributed by atoms with van der Waals surface area (Å²) in [5, 5.41) is 9.62. The van der Waals surface area contributed by atoms with Crippen LogP contribution in [0.2, 0.25) is 0 Å². The van der Waals surface area contributed by atoms with Crippen LogP contribution in [0.25, 0.3) is 0 Å². The molecule has 3 heterocycles. The molecule has 1 N–H and O–H groups in total. The minimum Gasteiger partial charge on any atom is -0.494 e. The number of carbonyl (C=O) groups is 3. The highest BCUT2D eigenvalue weighted by Crippen LogP contribution is 2.63. The van der Waals surface area contributed by atoms with Crippen LogP contribution in [0.15, 0.2) is 49.6 Å². The number of benzene rings is 1. The third-order valence-electron chi connectivity index (χ3n) is 8.81. The number of nitrogens with zero attached hydrogens (tertiary/aromatic N) is 3. The summed E-state index contributed by atoms with van der Waals surface area (Å²) >= 11 is 0. The molecule has 1 aromatic rings. The Hall–Kier alpha value is -3.17. The molecule has 3 aliphatic rings. The molecule has 0 aliphatic carbocycles. The number of ether oxygens (including phenoxy) is 2. The van der Waals surface area contributed by atoms with Gasteiger partial charge in [-0.2, -0.15) is 0 Å². The van der Waals surface area contributed by atoms with E-state index < -0.39 is 29.1 Å². The average Bonchev–Trinajstić information content (AvgIpc) is 3.53.